The van der Waals surface area contributed by atoms with Gasteiger partial charge in [0.05, 0.1) is 16.8 Å². The van der Waals surface area contributed by atoms with E-state index in [-0.39, 0.29) is 23.2 Å². The number of pyridine rings is 1. The van der Waals surface area contributed by atoms with Crippen molar-refractivity contribution in [3.8, 4) is 17.1 Å². The summed E-state index contributed by atoms with van der Waals surface area (Å²) in [6, 6.07) is 19.7. The monoisotopic (exact) mass is 432 g/mol. The maximum atomic E-state index is 12.8. The molecule has 0 fully saturated rings. The first-order valence-corrected chi connectivity index (χ1v) is 11.0. The predicted molar refractivity (Wildman–Crippen MR) is 118 cm³/mol. The largest absolute Gasteiger partial charge is 0.470 e. The molecular formula is C23H20N4O3S. The first kappa shape index (κ1) is 20.5. The lowest BCUT2D eigenvalue weighted by molar-refractivity contribution is 0.294. The van der Waals surface area contributed by atoms with Crippen LogP contribution in [0.15, 0.2) is 90.2 Å². The summed E-state index contributed by atoms with van der Waals surface area (Å²) in [4.78, 5) is 13.0. The van der Waals surface area contributed by atoms with Crippen LogP contribution in [0.4, 0.5) is 5.82 Å². The molecule has 2 aromatic carbocycles. The molecule has 0 bridgehead atoms. The average molecular weight is 433 g/mol. The normalized spacial score (nSPS) is 11.1. The summed E-state index contributed by atoms with van der Waals surface area (Å²) in [6.07, 6.45) is 4.85. The number of sulfonamides is 1. The molecule has 0 amide bonds. The molecule has 0 spiro atoms. The Kier molecular flexibility index (Phi) is 5.90. The van der Waals surface area contributed by atoms with Crippen LogP contribution in [0, 0.1) is 6.92 Å². The third-order valence-electron chi connectivity index (χ3n) is 4.47. The Balaban J connectivity index is 1.67. The lowest BCUT2D eigenvalue weighted by atomic mass is 10.2. The Morgan fingerprint density at radius 3 is 2.42 bits per heavy atom. The van der Waals surface area contributed by atoms with Gasteiger partial charge in [-0.15, -0.1) is 0 Å². The number of benzene rings is 2. The zero-order valence-electron chi connectivity index (χ0n) is 16.8. The number of aryl methyl sites for hydroxylation is 1. The minimum absolute atomic E-state index is 0.0177. The first-order chi connectivity index (χ1) is 15.0. The molecule has 156 valence electrons. The zero-order chi connectivity index (χ0) is 21.7. The zero-order valence-corrected chi connectivity index (χ0v) is 17.6. The van der Waals surface area contributed by atoms with E-state index in [1.807, 2.05) is 43.3 Å². The SMILES string of the molecule is Cc1ccc(S(=O)(=O)Nc2ncc(-c3ccccc3)nc2OCc2cccnc2)cc1. The highest BCUT2D eigenvalue weighted by molar-refractivity contribution is 7.92. The van der Waals surface area contributed by atoms with Gasteiger partial charge in [-0.2, -0.15) is 0 Å². The molecule has 0 aliphatic rings. The van der Waals surface area contributed by atoms with E-state index in [1.54, 1.807) is 42.7 Å². The first-order valence-electron chi connectivity index (χ1n) is 9.55. The Hall–Kier alpha value is -3.78. The summed E-state index contributed by atoms with van der Waals surface area (Å²) < 4.78 is 34.0. The molecular weight excluding hydrogens is 412 g/mol. The molecule has 0 saturated heterocycles. The minimum Gasteiger partial charge on any atom is -0.470 e. The standard InChI is InChI=1S/C23H20N4O3S/c1-17-9-11-20(12-10-17)31(28,29)27-22-23(30-16-18-6-5-13-24-14-18)26-21(15-25-22)19-7-3-2-4-8-19/h2-15H,16H2,1H3,(H,25,27). The van der Waals surface area contributed by atoms with Gasteiger partial charge >= 0.3 is 0 Å². The molecule has 0 atom stereocenters. The number of hydrogen-bond acceptors (Lipinski definition) is 6. The van der Waals surface area contributed by atoms with Gasteiger partial charge in [0.1, 0.15) is 6.61 Å². The van der Waals surface area contributed by atoms with Crippen LogP contribution in [0.25, 0.3) is 11.3 Å². The number of aromatic nitrogens is 3. The molecule has 1 N–H and O–H groups in total. The third-order valence-corrected chi connectivity index (χ3v) is 5.83. The van der Waals surface area contributed by atoms with Crippen molar-refractivity contribution in [3.63, 3.8) is 0 Å². The van der Waals surface area contributed by atoms with E-state index in [0.717, 1.165) is 16.7 Å². The smallest absolute Gasteiger partial charge is 0.263 e. The maximum absolute atomic E-state index is 12.8. The average Bonchev–Trinajstić information content (AvgIpc) is 2.80. The summed E-state index contributed by atoms with van der Waals surface area (Å²) in [5, 5.41) is 0. The van der Waals surface area contributed by atoms with E-state index in [4.69, 9.17) is 4.74 Å². The summed E-state index contributed by atoms with van der Waals surface area (Å²) >= 11 is 0. The minimum atomic E-state index is -3.86. The lowest BCUT2D eigenvalue weighted by Gasteiger charge is -2.13. The van der Waals surface area contributed by atoms with Crippen molar-refractivity contribution in [1.82, 2.24) is 15.0 Å². The number of nitrogens with one attached hydrogen (secondary N) is 1. The molecule has 0 aliphatic heterocycles. The van der Waals surface area contributed by atoms with Crippen LogP contribution in [-0.4, -0.2) is 23.4 Å². The van der Waals surface area contributed by atoms with Gasteiger partial charge < -0.3 is 4.74 Å². The highest BCUT2D eigenvalue weighted by Gasteiger charge is 2.19. The topological polar surface area (TPSA) is 94.1 Å². The summed E-state index contributed by atoms with van der Waals surface area (Å²) in [5.74, 6) is 0.102. The summed E-state index contributed by atoms with van der Waals surface area (Å²) in [6.45, 7) is 2.06. The quantitative estimate of drug-likeness (QED) is 0.470. The number of anilines is 1. The van der Waals surface area contributed by atoms with E-state index in [1.165, 1.54) is 6.20 Å². The van der Waals surface area contributed by atoms with Gasteiger partial charge in [0.15, 0.2) is 0 Å². The van der Waals surface area contributed by atoms with Crippen LogP contribution >= 0.6 is 0 Å². The van der Waals surface area contributed by atoms with Crippen LogP contribution < -0.4 is 9.46 Å². The van der Waals surface area contributed by atoms with Crippen molar-refractivity contribution >= 4 is 15.8 Å². The van der Waals surface area contributed by atoms with Crippen molar-refractivity contribution < 1.29 is 13.2 Å². The van der Waals surface area contributed by atoms with Crippen molar-refractivity contribution in [2.75, 3.05) is 4.72 Å². The van der Waals surface area contributed by atoms with Gasteiger partial charge in [-0.05, 0) is 25.1 Å². The number of ether oxygens (including phenoxy) is 1. The van der Waals surface area contributed by atoms with Crippen LogP contribution in [0.3, 0.4) is 0 Å². The van der Waals surface area contributed by atoms with Crippen molar-refractivity contribution in [2.45, 2.75) is 18.4 Å². The summed E-state index contributed by atoms with van der Waals surface area (Å²) in [5.41, 5.74) is 3.20. The molecule has 2 heterocycles. The molecule has 31 heavy (non-hydrogen) atoms. The highest BCUT2D eigenvalue weighted by Crippen LogP contribution is 2.27. The Morgan fingerprint density at radius 1 is 0.935 bits per heavy atom. The van der Waals surface area contributed by atoms with Gasteiger partial charge in [-0.1, -0.05) is 54.1 Å². The fraction of sp³-hybridized carbons (Fsp3) is 0.0870. The van der Waals surface area contributed by atoms with E-state index in [9.17, 15) is 8.42 Å². The highest BCUT2D eigenvalue weighted by atomic mass is 32.2. The van der Waals surface area contributed by atoms with Crippen molar-refractivity contribution in [3.05, 3.63) is 96.4 Å². The maximum Gasteiger partial charge on any atom is 0.263 e. The summed E-state index contributed by atoms with van der Waals surface area (Å²) in [7, 11) is -3.86. The molecule has 8 heteroatoms. The van der Waals surface area contributed by atoms with Crippen LogP contribution in [0.2, 0.25) is 0 Å². The molecule has 0 aliphatic carbocycles. The van der Waals surface area contributed by atoms with Gasteiger partial charge in [0.25, 0.3) is 15.9 Å². The van der Waals surface area contributed by atoms with E-state index in [2.05, 4.69) is 19.7 Å². The van der Waals surface area contributed by atoms with Crippen LogP contribution in [0.5, 0.6) is 5.88 Å². The van der Waals surface area contributed by atoms with E-state index >= 15 is 0 Å². The number of hydrogen-bond donors (Lipinski definition) is 1. The molecule has 0 saturated carbocycles. The van der Waals surface area contributed by atoms with Gasteiger partial charge in [0.2, 0.25) is 5.82 Å². The third kappa shape index (κ3) is 5.04. The fourth-order valence-corrected chi connectivity index (χ4v) is 3.84. The molecule has 0 radical (unpaired) electrons. The van der Waals surface area contributed by atoms with Crippen LogP contribution in [-0.2, 0) is 16.6 Å². The lowest BCUT2D eigenvalue weighted by Crippen LogP contribution is -2.15. The Labute approximate surface area is 180 Å². The Morgan fingerprint density at radius 2 is 1.71 bits per heavy atom. The molecule has 7 nitrogen and oxygen atoms in total. The Bertz CT molecular complexity index is 1260. The van der Waals surface area contributed by atoms with Crippen LogP contribution in [0.1, 0.15) is 11.1 Å². The molecule has 4 aromatic rings. The van der Waals surface area contributed by atoms with Gasteiger partial charge in [-0.25, -0.2) is 18.4 Å². The fourth-order valence-electron chi connectivity index (χ4n) is 2.83. The molecule has 0 unspecified atom stereocenters. The second-order valence-electron chi connectivity index (χ2n) is 6.84. The van der Waals surface area contributed by atoms with Gasteiger partial charge in [-0.3, -0.25) is 9.71 Å². The second-order valence-corrected chi connectivity index (χ2v) is 8.53. The molecule has 2 aromatic heterocycles. The van der Waals surface area contributed by atoms with E-state index < -0.39 is 10.0 Å². The molecule has 4 rings (SSSR count). The van der Waals surface area contributed by atoms with Gasteiger partial charge in [0, 0.05) is 23.5 Å². The van der Waals surface area contributed by atoms with Crippen molar-refractivity contribution in [1.29, 1.82) is 0 Å². The number of rotatable bonds is 7. The van der Waals surface area contributed by atoms with E-state index in [0.29, 0.717) is 5.69 Å². The predicted octanol–water partition coefficient (Wildman–Crippen LogP) is 4.23. The second kappa shape index (κ2) is 8.93. The number of nitrogens with zero attached hydrogens (tertiary/aromatic N) is 3. The van der Waals surface area contributed by atoms with Crippen molar-refractivity contribution in [2.24, 2.45) is 0 Å².